The normalized spacial score (nSPS) is 11.5. The van der Waals surface area contributed by atoms with E-state index in [-0.39, 0.29) is 31.3 Å². The Balaban J connectivity index is 1.74. The highest BCUT2D eigenvalue weighted by atomic mass is 16.5. The molecular weight excluding hydrogens is 464 g/mol. The van der Waals surface area contributed by atoms with Gasteiger partial charge in [-0.25, -0.2) is 0 Å². The Bertz CT molecular complexity index is 902. The first-order valence-corrected chi connectivity index (χ1v) is 13.9. The molecule has 0 saturated heterocycles. The van der Waals surface area contributed by atoms with Gasteiger partial charge in [0.2, 0.25) is 5.91 Å². The van der Waals surface area contributed by atoms with E-state index in [2.05, 4.69) is 17.6 Å². The molecule has 0 aliphatic heterocycles. The number of carbonyl (C=O) groups excluding carboxylic acids is 3. The molecule has 0 radical (unpaired) electrons. The summed E-state index contributed by atoms with van der Waals surface area (Å²) >= 11 is 0. The number of rotatable bonds is 19. The quantitative estimate of drug-likeness (QED) is 0.171. The van der Waals surface area contributed by atoms with Crippen LogP contribution in [0.25, 0.3) is 0 Å². The Labute approximate surface area is 222 Å². The van der Waals surface area contributed by atoms with Gasteiger partial charge in [-0.15, -0.1) is 0 Å². The van der Waals surface area contributed by atoms with Gasteiger partial charge in [-0.1, -0.05) is 113 Å². The summed E-state index contributed by atoms with van der Waals surface area (Å²) in [4.78, 5) is 37.8. The Hall–Kier alpha value is -3.15. The van der Waals surface area contributed by atoms with E-state index in [9.17, 15) is 14.4 Å². The lowest BCUT2D eigenvalue weighted by molar-refractivity contribution is -0.145. The van der Waals surface area contributed by atoms with Gasteiger partial charge in [0, 0.05) is 18.5 Å². The Morgan fingerprint density at radius 2 is 1.32 bits per heavy atom. The summed E-state index contributed by atoms with van der Waals surface area (Å²) < 4.78 is 5.34. The molecule has 0 saturated carbocycles. The fourth-order valence-electron chi connectivity index (χ4n) is 4.12. The van der Waals surface area contributed by atoms with Crippen molar-refractivity contribution in [2.24, 2.45) is 0 Å². The van der Waals surface area contributed by atoms with Gasteiger partial charge >= 0.3 is 5.97 Å². The summed E-state index contributed by atoms with van der Waals surface area (Å²) in [5.74, 6) is -1.00. The van der Waals surface area contributed by atoms with Gasteiger partial charge in [-0.05, 0) is 30.5 Å². The number of nitrogens with one attached hydrogen (secondary N) is 2. The molecule has 0 aromatic heterocycles. The van der Waals surface area contributed by atoms with Gasteiger partial charge in [0.1, 0.15) is 12.6 Å². The summed E-state index contributed by atoms with van der Waals surface area (Å²) in [6.45, 7) is 2.98. The van der Waals surface area contributed by atoms with Crippen LogP contribution in [0.3, 0.4) is 0 Å². The van der Waals surface area contributed by atoms with Crippen molar-refractivity contribution in [3.8, 4) is 0 Å². The van der Waals surface area contributed by atoms with Gasteiger partial charge in [0.05, 0.1) is 0 Å². The highest BCUT2D eigenvalue weighted by Gasteiger charge is 2.22. The molecule has 0 bridgehead atoms. The van der Waals surface area contributed by atoms with Crippen LogP contribution in [0.15, 0.2) is 60.7 Å². The van der Waals surface area contributed by atoms with Crippen molar-refractivity contribution < 1.29 is 19.1 Å². The Kier molecular flexibility index (Phi) is 15.5. The second-order valence-corrected chi connectivity index (χ2v) is 9.55. The lowest BCUT2D eigenvalue weighted by Gasteiger charge is -2.18. The minimum absolute atomic E-state index is 0.0399. The molecule has 202 valence electrons. The van der Waals surface area contributed by atoms with Crippen LogP contribution in [0, 0.1) is 0 Å². The first-order chi connectivity index (χ1) is 18.1. The number of unbranched alkanes of at least 4 members (excludes halogenated alkanes) is 9. The van der Waals surface area contributed by atoms with Crippen LogP contribution >= 0.6 is 0 Å². The molecule has 6 heteroatoms. The number of hydrogen-bond acceptors (Lipinski definition) is 4. The van der Waals surface area contributed by atoms with Crippen molar-refractivity contribution in [2.75, 3.05) is 6.54 Å². The van der Waals surface area contributed by atoms with Gasteiger partial charge in [-0.3, -0.25) is 14.4 Å². The minimum Gasteiger partial charge on any atom is -0.461 e. The average Bonchev–Trinajstić information content (AvgIpc) is 2.93. The smallest absolute Gasteiger partial charge is 0.306 e. The predicted octanol–water partition coefficient (Wildman–Crippen LogP) is 6.35. The van der Waals surface area contributed by atoms with Crippen molar-refractivity contribution in [1.82, 2.24) is 10.6 Å². The molecule has 0 heterocycles. The SMILES string of the molecule is CCCCCCCCCCCCNC(=O)C(CCC(=O)OCc1ccccc1)NC(=O)c1ccccc1. The zero-order valence-corrected chi connectivity index (χ0v) is 22.4. The van der Waals surface area contributed by atoms with Crippen molar-refractivity contribution in [2.45, 2.75) is 96.6 Å². The summed E-state index contributed by atoms with van der Waals surface area (Å²) in [5.41, 5.74) is 1.38. The molecule has 0 spiro atoms. The maximum atomic E-state index is 12.9. The number of hydrogen-bond donors (Lipinski definition) is 2. The molecule has 6 nitrogen and oxygen atoms in total. The summed E-state index contributed by atoms with van der Waals surface area (Å²) in [6, 6.07) is 17.4. The molecule has 2 amide bonds. The van der Waals surface area contributed by atoms with Crippen LogP contribution in [0.2, 0.25) is 0 Å². The van der Waals surface area contributed by atoms with E-state index in [1.54, 1.807) is 24.3 Å². The van der Waals surface area contributed by atoms with Crippen molar-refractivity contribution in [3.63, 3.8) is 0 Å². The molecule has 2 N–H and O–H groups in total. The van der Waals surface area contributed by atoms with E-state index < -0.39 is 12.0 Å². The maximum Gasteiger partial charge on any atom is 0.306 e. The molecule has 1 unspecified atom stereocenters. The third-order valence-corrected chi connectivity index (χ3v) is 6.37. The van der Waals surface area contributed by atoms with E-state index in [4.69, 9.17) is 4.74 Å². The number of amides is 2. The monoisotopic (exact) mass is 508 g/mol. The summed E-state index contributed by atoms with van der Waals surface area (Å²) in [7, 11) is 0. The Morgan fingerprint density at radius 3 is 1.95 bits per heavy atom. The first-order valence-electron chi connectivity index (χ1n) is 13.9. The van der Waals surface area contributed by atoms with E-state index in [1.165, 1.54) is 51.4 Å². The van der Waals surface area contributed by atoms with Crippen molar-refractivity contribution in [3.05, 3.63) is 71.8 Å². The Morgan fingerprint density at radius 1 is 0.757 bits per heavy atom. The highest BCUT2D eigenvalue weighted by Crippen LogP contribution is 2.11. The molecule has 1 atom stereocenters. The van der Waals surface area contributed by atoms with E-state index in [1.807, 2.05) is 36.4 Å². The fraction of sp³-hybridized carbons (Fsp3) is 0.516. The largest absolute Gasteiger partial charge is 0.461 e. The lowest BCUT2D eigenvalue weighted by Crippen LogP contribution is -2.47. The minimum atomic E-state index is -0.805. The van der Waals surface area contributed by atoms with Crippen LogP contribution in [0.1, 0.15) is 99.9 Å². The maximum absolute atomic E-state index is 12.9. The topological polar surface area (TPSA) is 84.5 Å². The third-order valence-electron chi connectivity index (χ3n) is 6.37. The van der Waals surface area contributed by atoms with Crippen LogP contribution in [0.4, 0.5) is 0 Å². The predicted molar refractivity (Wildman–Crippen MR) is 148 cm³/mol. The zero-order valence-electron chi connectivity index (χ0n) is 22.4. The molecule has 2 rings (SSSR count). The third kappa shape index (κ3) is 13.7. The summed E-state index contributed by atoms with van der Waals surface area (Å²) in [6.07, 6.45) is 12.5. The molecule has 0 aliphatic rings. The van der Waals surface area contributed by atoms with Crippen molar-refractivity contribution in [1.29, 1.82) is 0 Å². The van der Waals surface area contributed by atoms with Gasteiger partial charge < -0.3 is 15.4 Å². The number of benzene rings is 2. The van der Waals surface area contributed by atoms with E-state index >= 15 is 0 Å². The van der Waals surface area contributed by atoms with Gasteiger partial charge in [0.15, 0.2) is 0 Å². The molecule has 37 heavy (non-hydrogen) atoms. The molecule has 2 aromatic rings. The van der Waals surface area contributed by atoms with Crippen LogP contribution in [-0.4, -0.2) is 30.4 Å². The number of carbonyl (C=O) groups is 3. The zero-order chi connectivity index (χ0) is 26.6. The standard InChI is InChI=1S/C31H44N2O4/c1-2-3-4-5-6-7-8-9-10-17-24-32-31(36)28(33-30(35)27-20-15-12-16-21-27)22-23-29(34)37-25-26-18-13-11-14-19-26/h11-16,18-21,28H,2-10,17,22-25H2,1H3,(H,32,36)(H,33,35). The summed E-state index contributed by atoms with van der Waals surface area (Å²) in [5, 5.41) is 5.73. The van der Waals surface area contributed by atoms with E-state index in [0.29, 0.717) is 12.1 Å². The molecule has 0 aliphatic carbocycles. The second kappa shape index (κ2) is 19.0. The van der Waals surface area contributed by atoms with Crippen LogP contribution in [-0.2, 0) is 20.9 Å². The molecule has 0 fully saturated rings. The average molecular weight is 509 g/mol. The fourth-order valence-corrected chi connectivity index (χ4v) is 4.12. The lowest BCUT2D eigenvalue weighted by atomic mass is 10.1. The van der Waals surface area contributed by atoms with Gasteiger partial charge in [0.25, 0.3) is 5.91 Å². The van der Waals surface area contributed by atoms with Crippen LogP contribution in [0.5, 0.6) is 0 Å². The van der Waals surface area contributed by atoms with Crippen molar-refractivity contribution >= 4 is 17.8 Å². The molecule has 2 aromatic carbocycles. The number of esters is 1. The molecular formula is C31H44N2O4. The first kappa shape index (κ1) is 30.1. The number of ether oxygens (including phenoxy) is 1. The highest BCUT2D eigenvalue weighted by molar-refractivity contribution is 5.97. The van der Waals surface area contributed by atoms with Gasteiger partial charge in [-0.2, -0.15) is 0 Å². The second-order valence-electron chi connectivity index (χ2n) is 9.55. The van der Waals surface area contributed by atoms with E-state index in [0.717, 1.165) is 18.4 Å². The van der Waals surface area contributed by atoms with Crippen LogP contribution < -0.4 is 10.6 Å².